The van der Waals surface area contributed by atoms with Crippen LogP contribution in [0.25, 0.3) is 0 Å². The molecule has 0 bridgehead atoms. The van der Waals surface area contributed by atoms with Gasteiger partial charge in [-0.3, -0.25) is 4.90 Å². The first-order chi connectivity index (χ1) is 7.91. The number of carboxylic acid groups (broad SMARTS) is 1. The van der Waals surface area contributed by atoms with Crippen molar-refractivity contribution < 1.29 is 9.90 Å². The third kappa shape index (κ3) is 2.73. The Morgan fingerprint density at radius 1 is 1.29 bits per heavy atom. The first kappa shape index (κ1) is 12.7. The van der Waals surface area contributed by atoms with Gasteiger partial charge in [0.15, 0.2) is 0 Å². The maximum Gasteiger partial charge on any atom is 0.408 e. The lowest BCUT2D eigenvalue weighted by molar-refractivity contribution is 0.0331. The molecule has 2 aliphatic rings. The third-order valence-corrected chi connectivity index (χ3v) is 3.99. The van der Waals surface area contributed by atoms with Gasteiger partial charge in [-0.25, -0.2) is 4.79 Å². The second kappa shape index (κ2) is 4.48. The van der Waals surface area contributed by atoms with Crippen molar-refractivity contribution in [3.8, 4) is 0 Å². The molecule has 0 aromatic heterocycles. The van der Waals surface area contributed by atoms with Crippen LogP contribution in [-0.4, -0.2) is 40.8 Å². The highest BCUT2D eigenvalue weighted by Gasteiger charge is 2.44. The molecular formula is C13H24N2O2. The number of nitrogens with one attached hydrogen (secondary N) is 1. The van der Waals surface area contributed by atoms with E-state index in [1.807, 2.05) is 20.8 Å². The summed E-state index contributed by atoms with van der Waals surface area (Å²) in [7, 11) is 0. The lowest BCUT2D eigenvalue weighted by Crippen LogP contribution is -2.59. The number of nitrogens with zero attached hydrogens (tertiary/aromatic N) is 1. The summed E-state index contributed by atoms with van der Waals surface area (Å²) in [5, 5.41) is 12.8. The SMILES string of the molecule is CC(C)(C)N(C(=O)O)[C@@H]1CNCC[C@H]1C1CC1. The molecule has 1 aliphatic carbocycles. The average Bonchev–Trinajstić information content (AvgIpc) is 2.99. The fourth-order valence-corrected chi connectivity index (χ4v) is 3.15. The van der Waals surface area contributed by atoms with E-state index in [-0.39, 0.29) is 11.6 Å². The summed E-state index contributed by atoms with van der Waals surface area (Å²) in [6.45, 7) is 7.80. The molecule has 0 spiro atoms. The molecule has 2 fully saturated rings. The Bertz CT molecular complexity index is 294. The van der Waals surface area contributed by atoms with E-state index in [4.69, 9.17) is 0 Å². The first-order valence-electron chi connectivity index (χ1n) is 6.64. The van der Waals surface area contributed by atoms with Crippen molar-refractivity contribution in [2.24, 2.45) is 11.8 Å². The summed E-state index contributed by atoms with van der Waals surface area (Å²) in [6.07, 6.45) is 2.92. The highest BCUT2D eigenvalue weighted by Crippen LogP contribution is 2.43. The second-order valence-electron chi connectivity index (χ2n) is 6.38. The van der Waals surface area contributed by atoms with Crippen molar-refractivity contribution in [2.75, 3.05) is 13.1 Å². The number of hydrogen-bond acceptors (Lipinski definition) is 2. The van der Waals surface area contributed by atoms with Gasteiger partial charge >= 0.3 is 6.09 Å². The minimum Gasteiger partial charge on any atom is -0.465 e. The summed E-state index contributed by atoms with van der Waals surface area (Å²) in [4.78, 5) is 13.2. The van der Waals surface area contributed by atoms with E-state index in [9.17, 15) is 9.90 Å². The van der Waals surface area contributed by atoms with Gasteiger partial charge in [0.1, 0.15) is 0 Å². The largest absolute Gasteiger partial charge is 0.465 e. The normalized spacial score (nSPS) is 30.1. The zero-order valence-electron chi connectivity index (χ0n) is 11.1. The molecule has 0 radical (unpaired) electrons. The molecule has 1 saturated heterocycles. The van der Waals surface area contributed by atoms with Crippen molar-refractivity contribution >= 4 is 6.09 Å². The van der Waals surface area contributed by atoms with Crippen molar-refractivity contribution in [2.45, 2.75) is 51.6 Å². The number of amides is 1. The van der Waals surface area contributed by atoms with Gasteiger partial charge in [0.2, 0.25) is 0 Å². The molecular weight excluding hydrogens is 216 g/mol. The molecule has 2 atom stereocenters. The van der Waals surface area contributed by atoms with Gasteiger partial charge in [-0.05, 0) is 58.4 Å². The Labute approximate surface area is 103 Å². The molecule has 4 nitrogen and oxygen atoms in total. The molecule has 0 aromatic carbocycles. The van der Waals surface area contributed by atoms with E-state index in [1.54, 1.807) is 4.90 Å². The highest BCUT2D eigenvalue weighted by molar-refractivity contribution is 5.66. The summed E-state index contributed by atoms with van der Waals surface area (Å²) in [6, 6.07) is 0.147. The molecule has 17 heavy (non-hydrogen) atoms. The predicted molar refractivity (Wildman–Crippen MR) is 67.1 cm³/mol. The topological polar surface area (TPSA) is 52.6 Å². The first-order valence-corrected chi connectivity index (χ1v) is 6.64. The third-order valence-electron chi connectivity index (χ3n) is 3.99. The fraction of sp³-hybridized carbons (Fsp3) is 0.923. The van der Waals surface area contributed by atoms with Gasteiger partial charge in [-0.2, -0.15) is 0 Å². The van der Waals surface area contributed by atoms with E-state index in [0.29, 0.717) is 5.92 Å². The van der Waals surface area contributed by atoms with Crippen LogP contribution in [0.2, 0.25) is 0 Å². The van der Waals surface area contributed by atoms with Crippen molar-refractivity contribution in [1.82, 2.24) is 10.2 Å². The lowest BCUT2D eigenvalue weighted by Gasteiger charge is -2.45. The molecule has 4 heteroatoms. The molecule has 1 saturated carbocycles. The summed E-state index contributed by atoms with van der Waals surface area (Å²) >= 11 is 0. The number of rotatable bonds is 2. The minimum atomic E-state index is -0.781. The van der Waals surface area contributed by atoms with Gasteiger partial charge in [-0.1, -0.05) is 0 Å². The molecule has 0 unspecified atom stereocenters. The van der Waals surface area contributed by atoms with Crippen molar-refractivity contribution in [3.05, 3.63) is 0 Å². The van der Waals surface area contributed by atoms with Crippen LogP contribution in [0.4, 0.5) is 4.79 Å². The van der Waals surface area contributed by atoms with E-state index in [2.05, 4.69) is 5.32 Å². The van der Waals surface area contributed by atoms with Crippen molar-refractivity contribution in [3.63, 3.8) is 0 Å². The van der Waals surface area contributed by atoms with E-state index >= 15 is 0 Å². The van der Waals surface area contributed by atoms with Gasteiger partial charge in [0.05, 0.1) is 6.04 Å². The smallest absolute Gasteiger partial charge is 0.408 e. The van der Waals surface area contributed by atoms with Crippen LogP contribution < -0.4 is 5.32 Å². The predicted octanol–water partition coefficient (Wildman–Crippen LogP) is 2.15. The molecule has 98 valence electrons. The van der Waals surface area contributed by atoms with Crippen LogP contribution in [0.1, 0.15) is 40.0 Å². The standard InChI is InChI=1S/C13H24N2O2/c1-13(2,3)15(12(16)17)11-8-14-7-6-10(11)9-4-5-9/h9-11,14H,4-8H2,1-3H3,(H,16,17)/t10-,11+/m0/s1. The fourth-order valence-electron chi connectivity index (χ4n) is 3.15. The van der Waals surface area contributed by atoms with E-state index in [1.165, 1.54) is 12.8 Å². The number of piperidine rings is 1. The van der Waals surface area contributed by atoms with E-state index < -0.39 is 6.09 Å². The number of carbonyl (C=O) groups is 1. The molecule has 1 amide bonds. The molecule has 2 N–H and O–H groups in total. The van der Waals surface area contributed by atoms with Crippen molar-refractivity contribution in [1.29, 1.82) is 0 Å². The van der Waals surface area contributed by atoms with Crippen LogP contribution in [0.15, 0.2) is 0 Å². The molecule has 1 heterocycles. The van der Waals surface area contributed by atoms with Crippen LogP contribution in [-0.2, 0) is 0 Å². The van der Waals surface area contributed by atoms with Crippen LogP contribution in [0, 0.1) is 11.8 Å². The maximum absolute atomic E-state index is 11.5. The second-order valence-corrected chi connectivity index (χ2v) is 6.38. The van der Waals surface area contributed by atoms with Gasteiger partial charge in [-0.15, -0.1) is 0 Å². The maximum atomic E-state index is 11.5. The highest BCUT2D eigenvalue weighted by atomic mass is 16.4. The van der Waals surface area contributed by atoms with E-state index in [0.717, 1.165) is 25.4 Å². The summed E-state index contributed by atoms with van der Waals surface area (Å²) in [5.41, 5.74) is -0.317. The minimum absolute atomic E-state index is 0.147. The van der Waals surface area contributed by atoms with Gasteiger partial charge < -0.3 is 10.4 Å². The lowest BCUT2D eigenvalue weighted by atomic mass is 9.85. The Kier molecular flexibility index (Phi) is 3.34. The molecule has 2 rings (SSSR count). The zero-order valence-corrected chi connectivity index (χ0v) is 11.1. The zero-order chi connectivity index (χ0) is 12.6. The van der Waals surface area contributed by atoms with Gasteiger partial charge in [0.25, 0.3) is 0 Å². The average molecular weight is 240 g/mol. The summed E-state index contributed by atoms with van der Waals surface area (Å²) < 4.78 is 0. The Hall–Kier alpha value is -0.770. The number of hydrogen-bond donors (Lipinski definition) is 2. The monoisotopic (exact) mass is 240 g/mol. The molecule has 1 aliphatic heterocycles. The Morgan fingerprint density at radius 3 is 2.41 bits per heavy atom. The Morgan fingerprint density at radius 2 is 1.94 bits per heavy atom. The molecule has 0 aromatic rings. The Balaban J connectivity index is 2.17. The van der Waals surface area contributed by atoms with Gasteiger partial charge in [0, 0.05) is 12.1 Å². The van der Waals surface area contributed by atoms with Crippen LogP contribution in [0.3, 0.4) is 0 Å². The van der Waals surface area contributed by atoms with Crippen LogP contribution >= 0.6 is 0 Å². The van der Waals surface area contributed by atoms with Crippen LogP contribution in [0.5, 0.6) is 0 Å². The summed E-state index contributed by atoms with van der Waals surface area (Å²) in [5.74, 6) is 1.33. The quantitative estimate of drug-likeness (QED) is 0.777.